The monoisotopic (exact) mass is 287 g/mol. The van der Waals surface area contributed by atoms with Gasteiger partial charge in [0, 0.05) is 31.9 Å². The fourth-order valence-electron chi connectivity index (χ4n) is 2.39. The molecule has 0 aliphatic rings. The first-order valence-electron chi connectivity index (χ1n) is 7.55. The summed E-state index contributed by atoms with van der Waals surface area (Å²) in [5, 5.41) is 0. The van der Waals surface area contributed by atoms with Crippen molar-refractivity contribution in [3.05, 3.63) is 47.5 Å². The van der Waals surface area contributed by atoms with E-state index in [1.54, 1.807) is 0 Å². The highest BCUT2D eigenvalue weighted by Gasteiger charge is 2.10. The van der Waals surface area contributed by atoms with Gasteiger partial charge in [0.1, 0.15) is 11.6 Å². The number of benzene rings is 1. The molecule has 0 bridgehead atoms. The van der Waals surface area contributed by atoms with Gasteiger partial charge in [-0.05, 0) is 30.9 Å². The van der Waals surface area contributed by atoms with Gasteiger partial charge in [-0.25, -0.2) is 4.98 Å². The number of para-hydroxylation sites is 1. The first-order chi connectivity index (χ1) is 10.1. The summed E-state index contributed by atoms with van der Waals surface area (Å²) in [6, 6.07) is 6.44. The normalized spacial score (nSPS) is 12.4. The van der Waals surface area contributed by atoms with E-state index in [0.717, 1.165) is 36.4 Å². The first kappa shape index (κ1) is 15.6. The second-order valence-corrected chi connectivity index (χ2v) is 5.49. The highest BCUT2D eigenvalue weighted by atomic mass is 16.5. The Morgan fingerprint density at radius 3 is 2.86 bits per heavy atom. The molecule has 0 fully saturated rings. The Kier molecular flexibility index (Phi) is 5.39. The minimum absolute atomic E-state index is 0.184. The minimum atomic E-state index is 0.184. The maximum absolute atomic E-state index is 6.08. The molecule has 0 aliphatic carbocycles. The second kappa shape index (κ2) is 7.27. The Morgan fingerprint density at radius 1 is 1.38 bits per heavy atom. The number of imidazole rings is 1. The lowest BCUT2D eigenvalue weighted by atomic mass is 10.0. The minimum Gasteiger partial charge on any atom is -0.493 e. The highest BCUT2D eigenvalue weighted by Crippen LogP contribution is 2.25. The number of hydrogen-bond donors (Lipinski definition) is 1. The molecule has 2 rings (SSSR count). The van der Waals surface area contributed by atoms with Crippen LogP contribution in [0.1, 0.15) is 30.3 Å². The zero-order valence-corrected chi connectivity index (χ0v) is 13.2. The Balaban J connectivity index is 2.03. The smallest absolute Gasteiger partial charge is 0.125 e. The lowest BCUT2D eigenvalue weighted by Gasteiger charge is -2.16. The summed E-state index contributed by atoms with van der Waals surface area (Å²) in [5.74, 6) is 2.02. The van der Waals surface area contributed by atoms with Crippen LogP contribution in [0.4, 0.5) is 0 Å². The van der Waals surface area contributed by atoms with Gasteiger partial charge in [-0.15, -0.1) is 0 Å². The van der Waals surface area contributed by atoms with Crippen LogP contribution in [0.15, 0.2) is 30.6 Å². The van der Waals surface area contributed by atoms with Gasteiger partial charge < -0.3 is 15.0 Å². The summed E-state index contributed by atoms with van der Waals surface area (Å²) in [5.41, 5.74) is 8.44. The van der Waals surface area contributed by atoms with Crippen molar-refractivity contribution in [1.29, 1.82) is 0 Å². The van der Waals surface area contributed by atoms with Crippen LogP contribution < -0.4 is 10.5 Å². The third kappa shape index (κ3) is 4.08. The Hall–Kier alpha value is -1.81. The highest BCUT2D eigenvalue weighted by molar-refractivity contribution is 5.41. The molecule has 4 nitrogen and oxygen atoms in total. The standard InChI is InChI=1S/C17H25N3O/c1-4-15(18)12-14-7-5-6-13(2)17(14)21-11-8-16-19-9-10-20(16)3/h5-7,9-10,15H,4,8,11-12,18H2,1-3H3. The van der Waals surface area contributed by atoms with Crippen LogP contribution >= 0.6 is 0 Å². The van der Waals surface area contributed by atoms with Gasteiger partial charge in [-0.3, -0.25) is 0 Å². The van der Waals surface area contributed by atoms with Crippen molar-refractivity contribution in [3.8, 4) is 5.75 Å². The summed E-state index contributed by atoms with van der Waals surface area (Å²) in [6.07, 6.45) is 6.40. The van der Waals surface area contributed by atoms with Gasteiger partial charge in [0.2, 0.25) is 0 Å². The van der Waals surface area contributed by atoms with E-state index >= 15 is 0 Å². The average Bonchev–Trinajstić information content (AvgIpc) is 2.87. The molecule has 0 amide bonds. The SMILES string of the molecule is CCC(N)Cc1cccc(C)c1OCCc1nccn1C. The maximum Gasteiger partial charge on any atom is 0.125 e. The van der Waals surface area contributed by atoms with Crippen molar-refractivity contribution in [2.75, 3.05) is 6.61 Å². The topological polar surface area (TPSA) is 53.1 Å². The van der Waals surface area contributed by atoms with Crippen LogP contribution in [0, 0.1) is 6.92 Å². The number of hydrogen-bond acceptors (Lipinski definition) is 3. The fraction of sp³-hybridized carbons (Fsp3) is 0.471. The fourth-order valence-corrected chi connectivity index (χ4v) is 2.39. The summed E-state index contributed by atoms with van der Waals surface area (Å²) >= 11 is 0. The van der Waals surface area contributed by atoms with Gasteiger partial charge >= 0.3 is 0 Å². The lowest BCUT2D eigenvalue weighted by molar-refractivity contribution is 0.311. The Labute approximate surface area is 127 Å². The van der Waals surface area contributed by atoms with E-state index in [0.29, 0.717) is 6.61 Å². The Morgan fingerprint density at radius 2 is 2.19 bits per heavy atom. The van der Waals surface area contributed by atoms with Crippen LogP contribution in [0.5, 0.6) is 5.75 Å². The van der Waals surface area contributed by atoms with E-state index in [9.17, 15) is 0 Å². The number of nitrogens with zero attached hydrogens (tertiary/aromatic N) is 2. The van der Waals surface area contributed by atoms with E-state index < -0.39 is 0 Å². The average molecular weight is 287 g/mol. The van der Waals surface area contributed by atoms with Crippen molar-refractivity contribution < 1.29 is 4.74 Å². The predicted octanol–water partition coefficient (Wildman–Crippen LogP) is 2.63. The molecule has 0 aliphatic heterocycles. The van der Waals surface area contributed by atoms with Gasteiger partial charge in [-0.2, -0.15) is 0 Å². The molecule has 21 heavy (non-hydrogen) atoms. The van der Waals surface area contributed by atoms with E-state index in [1.807, 2.05) is 24.0 Å². The van der Waals surface area contributed by atoms with Gasteiger partial charge in [0.25, 0.3) is 0 Å². The van der Waals surface area contributed by atoms with Crippen LogP contribution in [0.3, 0.4) is 0 Å². The first-order valence-corrected chi connectivity index (χ1v) is 7.55. The molecular weight excluding hydrogens is 262 g/mol. The quantitative estimate of drug-likeness (QED) is 0.851. The van der Waals surface area contributed by atoms with E-state index in [2.05, 4.69) is 37.0 Å². The number of ether oxygens (including phenoxy) is 1. The number of nitrogens with two attached hydrogens (primary N) is 1. The van der Waals surface area contributed by atoms with Crippen molar-refractivity contribution in [2.45, 2.75) is 39.2 Å². The van der Waals surface area contributed by atoms with Crippen LogP contribution in [-0.4, -0.2) is 22.2 Å². The molecule has 114 valence electrons. The number of aromatic nitrogens is 2. The number of aryl methyl sites for hydroxylation is 2. The molecule has 0 radical (unpaired) electrons. The van der Waals surface area contributed by atoms with Crippen molar-refractivity contribution in [2.24, 2.45) is 12.8 Å². The van der Waals surface area contributed by atoms with Crippen LogP contribution in [0.2, 0.25) is 0 Å². The molecule has 0 saturated heterocycles. The zero-order chi connectivity index (χ0) is 15.2. The summed E-state index contributed by atoms with van der Waals surface area (Å²) in [7, 11) is 2.00. The largest absolute Gasteiger partial charge is 0.493 e. The molecule has 1 heterocycles. The van der Waals surface area contributed by atoms with Crippen molar-refractivity contribution in [3.63, 3.8) is 0 Å². The lowest BCUT2D eigenvalue weighted by Crippen LogP contribution is -2.22. The third-order valence-corrected chi connectivity index (χ3v) is 3.79. The molecule has 0 saturated carbocycles. The molecule has 4 heteroatoms. The molecule has 1 aromatic heterocycles. The van der Waals surface area contributed by atoms with Crippen molar-refractivity contribution >= 4 is 0 Å². The third-order valence-electron chi connectivity index (χ3n) is 3.79. The molecule has 0 spiro atoms. The van der Waals surface area contributed by atoms with E-state index in [-0.39, 0.29) is 6.04 Å². The van der Waals surface area contributed by atoms with Crippen LogP contribution in [0.25, 0.3) is 0 Å². The van der Waals surface area contributed by atoms with Gasteiger partial charge in [-0.1, -0.05) is 25.1 Å². The van der Waals surface area contributed by atoms with Crippen molar-refractivity contribution in [1.82, 2.24) is 9.55 Å². The van der Waals surface area contributed by atoms with Crippen LogP contribution in [-0.2, 0) is 19.9 Å². The predicted molar refractivity (Wildman–Crippen MR) is 85.6 cm³/mol. The van der Waals surface area contributed by atoms with Gasteiger partial charge in [0.05, 0.1) is 6.61 Å². The van der Waals surface area contributed by atoms with Gasteiger partial charge in [0.15, 0.2) is 0 Å². The van der Waals surface area contributed by atoms with E-state index in [4.69, 9.17) is 10.5 Å². The Bertz CT molecular complexity index is 577. The number of rotatable bonds is 7. The molecular formula is C17H25N3O. The molecule has 1 aromatic carbocycles. The molecule has 2 aromatic rings. The molecule has 1 unspecified atom stereocenters. The second-order valence-electron chi connectivity index (χ2n) is 5.49. The summed E-state index contributed by atoms with van der Waals surface area (Å²) in [4.78, 5) is 4.32. The summed E-state index contributed by atoms with van der Waals surface area (Å²) < 4.78 is 8.06. The summed E-state index contributed by atoms with van der Waals surface area (Å²) in [6.45, 7) is 4.82. The zero-order valence-electron chi connectivity index (χ0n) is 13.2. The van der Waals surface area contributed by atoms with E-state index in [1.165, 1.54) is 5.56 Å². The molecule has 1 atom stereocenters. The molecule has 2 N–H and O–H groups in total. The maximum atomic E-state index is 6.08.